The first-order chi connectivity index (χ1) is 8.17. The predicted octanol–water partition coefficient (Wildman–Crippen LogP) is 3.36. The van der Waals surface area contributed by atoms with Crippen LogP contribution in [-0.4, -0.2) is 25.8 Å². The van der Waals surface area contributed by atoms with Crippen molar-refractivity contribution in [3.05, 3.63) is 11.9 Å². The molecule has 5 nitrogen and oxygen atoms in total. The minimum atomic E-state index is -3.39. The molecule has 0 atom stereocenters. The van der Waals surface area contributed by atoms with Crippen LogP contribution < -0.4 is 0 Å². The van der Waals surface area contributed by atoms with Gasteiger partial charge in [0.25, 0.3) is 0 Å². The van der Waals surface area contributed by atoms with Gasteiger partial charge in [0.1, 0.15) is 6.61 Å². The first-order valence-electron chi connectivity index (χ1n) is 5.92. The molecule has 0 aliphatic heterocycles. The summed E-state index contributed by atoms with van der Waals surface area (Å²) in [5, 5.41) is 0.156. The summed E-state index contributed by atoms with van der Waals surface area (Å²) < 4.78 is 27.5. The van der Waals surface area contributed by atoms with E-state index in [9.17, 15) is 9.36 Å². The van der Waals surface area contributed by atoms with Crippen molar-refractivity contribution < 1.29 is 23.1 Å². The van der Waals surface area contributed by atoms with Crippen molar-refractivity contribution in [1.82, 2.24) is 0 Å². The Bertz CT molecular complexity index is 333. The molecule has 0 rings (SSSR count). The number of rotatable bonds is 7. The van der Waals surface area contributed by atoms with Crippen LogP contribution in [0.4, 0.5) is 0 Å². The van der Waals surface area contributed by atoms with Crippen LogP contribution in [0.1, 0.15) is 34.6 Å². The minimum Gasteiger partial charge on any atom is -0.460 e. The van der Waals surface area contributed by atoms with E-state index in [1.165, 1.54) is 0 Å². The summed E-state index contributed by atoms with van der Waals surface area (Å²) in [5.74, 6) is -0.386. The van der Waals surface area contributed by atoms with Gasteiger partial charge < -0.3 is 13.8 Å². The molecule has 0 spiro atoms. The Morgan fingerprint density at radius 2 is 1.61 bits per heavy atom. The number of carbonyl (C=O) groups excluding carboxylic acids is 1. The van der Waals surface area contributed by atoms with Crippen molar-refractivity contribution in [3.8, 4) is 0 Å². The van der Waals surface area contributed by atoms with Crippen molar-refractivity contribution in [2.75, 3.05) is 19.8 Å². The third-order valence-electron chi connectivity index (χ3n) is 1.97. The summed E-state index contributed by atoms with van der Waals surface area (Å²) >= 11 is 0. The molecule has 0 heterocycles. The van der Waals surface area contributed by atoms with E-state index in [1.54, 1.807) is 34.6 Å². The standard InChI is InChI=1S/C12H23O5P/c1-7-16-18(14,17-8-2)10(3)9-15-11(13)12(4,5)6/h3,7-9H2,1-2,4-6H3. The van der Waals surface area contributed by atoms with E-state index < -0.39 is 13.0 Å². The van der Waals surface area contributed by atoms with Crippen molar-refractivity contribution in [3.63, 3.8) is 0 Å². The van der Waals surface area contributed by atoms with Crippen molar-refractivity contribution >= 4 is 13.6 Å². The van der Waals surface area contributed by atoms with Gasteiger partial charge in [-0.2, -0.15) is 0 Å². The SMILES string of the molecule is C=C(COC(=O)C(C)(C)C)P(=O)(OCC)OCC. The third kappa shape index (κ3) is 5.34. The fourth-order valence-corrected chi connectivity index (χ4v) is 2.35. The molecule has 18 heavy (non-hydrogen) atoms. The Kier molecular flexibility index (Phi) is 6.82. The summed E-state index contributed by atoms with van der Waals surface area (Å²) in [6, 6.07) is 0. The molecule has 0 saturated heterocycles. The summed E-state index contributed by atoms with van der Waals surface area (Å²) in [6.45, 7) is 12.6. The fraction of sp³-hybridized carbons (Fsp3) is 0.750. The van der Waals surface area contributed by atoms with Crippen LogP contribution in [-0.2, 0) is 23.1 Å². The lowest BCUT2D eigenvalue weighted by molar-refractivity contribution is -0.151. The van der Waals surface area contributed by atoms with Crippen molar-refractivity contribution in [2.24, 2.45) is 5.41 Å². The monoisotopic (exact) mass is 278 g/mol. The Balaban J connectivity index is 4.55. The highest BCUT2D eigenvalue weighted by atomic mass is 31.2. The van der Waals surface area contributed by atoms with Crippen molar-refractivity contribution in [2.45, 2.75) is 34.6 Å². The molecule has 0 bridgehead atoms. The average molecular weight is 278 g/mol. The molecular weight excluding hydrogens is 255 g/mol. The quantitative estimate of drug-likeness (QED) is 0.528. The molecule has 0 amide bonds. The van der Waals surface area contributed by atoms with E-state index >= 15 is 0 Å². The van der Waals surface area contributed by atoms with Crippen LogP contribution in [0.25, 0.3) is 0 Å². The zero-order chi connectivity index (χ0) is 14.4. The molecule has 6 heteroatoms. The molecule has 106 valence electrons. The van der Waals surface area contributed by atoms with E-state index in [0.29, 0.717) is 0 Å². The van der Waals surface area contributed by atoms with E-state index in [-0.39, 0.29) is 31.1 Å². The molecule has 0 aliphatic carbocycles. The Morgan fingerprint density at radius 1 is 1.17 bits per heavy atom. The lowest BCUT2D eigenvalue weighted by atomic mass is 9.97. The highest BCUT2D eigenvalue weighted by Crippen LogP contribution is 2.55. The van der Waals surface area contributed by atoms with Gasteiger partial charge in [0.15, 0.2) is 0 Å². The van der Waals surface area contributed by atoms with E-state index in [4.69, 9.17) is 13.8 Å². The molecule has 0 saturated carbocycles. The predicted molar refractivity (Wildman–Crippen MR) is 70.4 cm³/mol. The molecular formula is C12H23O5P. The molecule has 0 aliphatic rings. The largest absolute Gasteiger partial charge is 0.460 e. The maximum atomic E-state index is 12.2. The van der Waals surface area contributed by atoms with Crippen LogP contribution in [0.5, 0.6) is 0 Å². The summed E-state index contributed by atoms with van der Waals surface area (Å²) in [6.07, 6.45) is 0. The summed E-state index contributed by atoms with van der Waals surface area (Å²) in [7, 11) is -3.39. The molecule has 0 radical (unpaired) electrons. The second-order valence-corrected chi connectivity index (χ2v) is 6.87. The van der Waals surface area contributed by atoms with Gasteiger partial charge in [-0.15, -0.1) is 0 Å². The molecule has 0 fully saturated rings. The molecule has 0 unspecified atom stereocenters. The van der Waals surface area contributed by atoms with E-state index in [1.807, 2.05) is 0 Å². The van der Waals surface area contributed by atoms with Gasteiger partial charge in [0.2, 0.25) is 0 Å². The lowest BCUT2D eigenvalue weighted by Crippen LogP contribution is -2.23. The van der Waals surface area contributed by atoms with E-state index in [2.05, 4.69) is 6.58 Å². The van der Waals surface area contributed by atoms with E-state index in [0.717, 1.165) is 0 Å². The Morgan fingerprint density at radius 3 is 1.94 bits per heavy atom. The smallest absolute Gasteiger partial charge is 0.360 e. The minimum absolute atomic E-state index is 0.156. The van der Waals surface area contributed by atoms with Gasteiger partial charge in [-0.25, -0.2) is 0 Å². The second-order valence-electron chi connectivity index (χ2n) is 4.73. The molecule has 0 N–H and O–H groups in total. The molecule has 0 aromatic carbocycles. The number of hydrogen-bond donors (Lipinski definition) is 0. The van der Waals surface area contributed by atoms with Gasteiger partial charge in [-0.3, -0.25) is 9.36 Å². The fourth-order valence-electron chi connectivity index (χ4n) is 1.00. The van der Waals surface area contributed by atoms with Crippen LogP contribution in [0.15, 0.2) is 11.9 Å². The van der Waals surface area contributed by atoms with Gasteiger partial charge >= 0.3 is 13.6 Å². The highest BCUT2D eigenvalue weighted by Gasteiger charge is 2.30. The van der Waals surface area contributed by atoms with Gasteiger partial charge in [-0.1, -0.05) is 6.58 Å². The lowest BCUT2D eigenvalue weighted by Gasteiger charge is -2.21. The normalized spacial score (nSPS) is 12.3. The average Bonchev–Trinajstić information content (AvgIpc) is 2.24. The van der Waals surface area contributed by atoms with Gasteiger partial charge in [0, 0.05) is 0 Å². The third-order valence-corrected chi connectivity index (χ3v) is 4.07. The zero-order valence-corrected chi connectivity index (χ0v) is 12.7. The Hall–Kier alpha value is -0.640. The maximum Gasteiger partial charge on any atom is 0.360 e. The van der Waals surface area contributed by atoms with Crippen LogP contribution in [0, 0.1) is 5.41 Å². The summed E-state index contributed by atoms with van der Waals surface area (Å²) in [4.78, 5) is 11.6. The second kappa shape index (κ2) is 7.07. The van der Waals surface area contributed by atoms with Gasteiger partial charge in [-0.05, 0) is 34.6 Å². The first-order valence-corrected chi connectivity index (χ1v) is 7.46. The van der Waals surface area contributed by atoms with Crippen LogP contribution in [0.3, 0.4) is 0 Å². The Labute approximate surface area is 109 Å². The molecule has 0 aromatic rings. The number of carbonyl (C=O) groups is 1. The number of hydrogen-bond acceptors (Lipinski definition) is 5. The van der Waals surface area contributed by atoms with Gasteiger partial charge in [0.05, 0.1) is 23.9 Å². The number of esters is 1. The first kappa shape index (κ1) is 17.4. The topological polar surface area (TPSA) is 61.8 Å². The molecule has 0 aromatic heterocycles. The maximum absolute atomic E-state index is 12.2. The van der Waals surface area contributed by atoms with Crippen molar-refractivity contribution in [1.29, 1.82) is 0 Å². The summed E-state index contributed by atoms with van der Waals surface area (Å²) in [5.41, 5.74) is -0.610. The van der Waals surface area contributed by atoms with Crippen LogP contribution in [0.2, 0.25) is 0 Å². The zero-order valence-electron chi connectivity index (χ0n) is 11.8. The van der Waals surface area contributed by atoms with Crippen LogP contribution >= 0.6 is 7.60 Å². The number of ether oxygens (including phenoxy) is 1. The highest BCUT2D eigenvalue weighted by molar-refractivity contribution is 7.58.